The van der Waals surface area contributed by atoms with Crippen LogP contribution in [0.15, 0.2) is 42.5 Å². The maximum Gasteiger partial charge on any atom is 0.253 e. The van der Waals surface area contributed by atoms with Gasteiger partial charge in [-0.2, -0.15) is 0 Å². The van der Waals surface area contributed by atoms with E-state index in [0.29, 0.717) is 17.8 Å². The zero-order valence-electron chi connectivity index (χ0n) is 14.4. The summed E-state index contributed by atoms with van der Waals surface area (Å²) in [6.45, 7) is 3.88. The van der Waals surface area contributed by atoms with Crippen molar-refractivity contribution in [2.45, 2.75) is 20.4 Å². The second-order valence-corrected chi connectivity index (χ2v) is 5.74. The first kappa shape index (κ1) is 17.5. The van der Waals surface area contributed by atoms with E-state index in [1.807, 2.05) is 25.1 Å². The van der Waals surface area contributed by atoms with Crippen molar-refractivity contribution in [3.05, 3.63) is 59.2 Å². The zero-order valence-corrected chi connectivity index (χ0v) is 14.4. The molecule has 0 unspecified atom stereocenters. The summed E-state index contributed by atoms with van der Waals surface area (Å²) in [5.41, 5.74) is 3.19. The molecule has 126 valence electrons. The molecule has 2 rings (SSSR count). The van der Waals surface area contributed by atoms with Crippen molar-refractivity contribution < 1.29 is 14.3 Å². The standard InChI is InChI=1S/C19H22N2O3/c1-13-8-9-18(24-4)16(10-13)12-21(3)19(23)15-6-5-7-17(11-15)20-14(2)22/h5-11H,12H2,1-4H3,(H,20,22). The van der Waals surface area contributed by atoms with Crippen LogP contribution in [-0.2, 0) is 11.3 Å². The van der Waals surface area contributed by atoms with Crippen LogP contribution in [0, 0.1) is 6.92 Å². The highest BCUT2D eigenvalue weighted by Gasteiger charge is 2.15. The number of carbonyl (C=O) groups is 2. The topological polar surface area (TPSA) is 58.6 Å². The Balaban J connectivity index is 2.18. The third kappa shape index (κ3) is 4.35. The molecule has 0 fully saturated rings. The first-order chi connectivity index (χ1) is 11.4. The minimum absolute atomic E-state index is 0.120. The Hall–Kier alpha value is -2.82. The highest BCUT2D eigenvalue weighted by Crippen LogP contribution is 2.22. The Morgan fingerprint density at radius 3 is 2.58 bits per heavy atom. The zero-order chi connectivity index (χ0) is 17.7. The van der Waals surface area contributed by atoms with Gasteiger partial charge in [0.25, 0.3) is 5.91 Å². The van der Waals surface area contributed by atoms with Crippen molar-refractivity contribution in [2.24, 2.45) is 0 Å². The van der Waals surface area contributed by atoms with Crippen LogP contribution in [-0.4, -0.2) is 30.9 Å². The number of rotatable bonds is 5. The van der Waals surface area contributed by atoms with Crippen molar-refractivity contribution in [3.8, 4) is 5.75 Å². The lowest BCUT2D eigenvalue weighted by molar-refractivity contribution is -0.114. The van der Waals surface area contributed by atoms with Crippen LogP contribution in [0.2, 0.25) is 0 Å². The van der Waals surface area contributed by atoms with Gasteiger partial charge in [0.05, 0.1) is 7.11 Å². The minimum Gasteiger partial charge on any atom is -0.496 e. The first-order valence-corrected chi connectivity index (χ1v) is 7.67. The molecule has 2 aromatic rings. The van der Waals surface area contributed by atoms with E-state index < -0.39 is 0 Å². The van der Waals surface area contributed by atoms with Crippen LogP contribution in [0.3, 0.4) is 0 Å². The van der Waals surface area contributed by atoms with Crippen LogP contribution >= 0.6 is 0 Å². The molecular formula is C19H22N2O3. The largest absolute Gasteiger partial charge is 0.496 e. The van der Waals surface area contributed by atoms with Crippen LogP contribution < -0.4 is 10.1 Å². The van der Waals surface area contributed by atoms with Gasteiger partial charge in [-0.15, -0.1) is 0 Å². The lowest BCUT2D eigenvalue weighted by Gasteiger charge is -2.19. The van der Waals surface area contributed by atoms with E-state index in [-0.39, 0.29) is 11.8 Å². The third-order valence-corrected chi connectivity index (χ3v) is 3.62. The Bertz CT molecular complexity index is 756. The number of benzene rings is 2. The molecule has 2 aromatic carbocycles. The monoisotopic (exact) mass is 326 g/mol. The molecule has 0 aliphatic heterocycles. The SMILES string of the molecule is COc1ccc(C)cc1CN(C)C(=O)c1cccc(NC(C)=O)c1. The van der Waals surface area contributed by atoms with Gasteiger partial charge in [0, 0.05) is 37.3 Å². The van der Waals surface area contributed by atoms with Gasteiger partial charge in [-0.25, -0.2) is 0 Å². The molecule has 24 heavy (non-hydrogen) atoms. The Labute approximate surface area is 142 Å². The average Bonchev–Trinajstić information content (AvgIpc) is 2.54. The van der Waals surface area contributed by atoms with E-state index in [1.165, 1.54) is 6.92 Å². The second-order valence-electron chi connectivity index (χ2n) is 5.74. The molecule has 2 amide bonds. The van der Waals surface area contributed by atoms with E-state index in [4.69, 9.17) is 4.74 Å². The van der Waals surface area contributed by atoms with Gasteiger partial charge in [0.15, 0.2) is 0 Å². The smallest absolute Gasteiger partial charge is 0.253 e. The number of nitrogens with one attached hydrogen (secondary N) is 1. The molecule has 0 bridgehead atoms. The van der Waals surface area contributed by atoms with Crippen molar-refractivity contribution in [2.75, 3.05) is 19.5 Å². The molecule has 0 radical (unpaired) electrons. The second kappa shape index (κ2) is 7.64. The summed E-state index contributed by atoms with van der Waals surface area (Å²) < 4.78 is 5.36. The molecule has 0 saturated heterocycles. The van der Waals surface area contributed by atoms with Gasteiger partial charge < -0.3 is 15.0 Å². The van der Waals surface area contributed by atoms with Gasteiger partial charge >= 0.3 is 0 Å². The molecule has 0 aromatic heterocycles. The molecular weight excluding hydrogens is 304 g/mol. The number of ether oxygens (including phenoxy) is 1. The van der Waals surface area contributed by atoms with Crippen LogP contribution in [0.1, 0.15) is 28.4 Å². The summed E-state index contributed by atoms with van der Waals surface area (Å²) in [5, 5.41) is 2.68. The van der Waals surface area contributed by atoms with Crippen LogP contribution in [0.25, 0.3) is 0 Å². The number of carbonyl (C=O) groups excluding carboxylic acids is 2. The van der Waals surface area contributed by atoms with Crippen LogP contribution in [0.4, 0.5) is 5.69 Å². The minimum atomic E-state index is -0.169. The summed E-state index contributed by atoms with van der Waals surface area (Å²) in [5.74, 6) is 0.468. The highest BCUT2D eigenvalue weighted by atomic mass is 16.5. The predicted octanol–water partition coefficient (Wildman–Crippen LogP) is 3.23. The quantitative estimate of drug-likeness (QED) is 0.917. The molecule has 0 heterocycles. The number of nitrogens with zero attached hydrogens (tertiary/aromatic N) is 1. The summed E-state index contributed by atoms with van der Waals surface area (Å²) in [4.78, 5) is 25.4. The Morgan fingerprint density at radius 2 is 1.92 bits per heavy atom. The molecule has 0 spiro atoms. The van der Waals surface area contributed by atoms with Gasteiger partial charge in [0.1, 0.15) is 5.75 Å². The fraction of sp³-hybridized carbons (Fsp3) is 0.263. The van der Waals surface area contributed by atoms with E-state index in [2.05, 4.69) is 5.32 Å². The molecule has 0 aliphatic carbocycles. The lowest BCUT2D eigenvalue weighted by Crippen LogP contribution is -2.26. The maximum atomic E-state index is 12.6. The molecule has 1 N–H and O–H groups in total. The van der Waals surface area contributed by atoms with Gasteiger partial charge in [-0.05, 0) is 31.2 Å². The predicted molar refractivity (Wildman–Crippen MR) is 94.3 cm³/mol. The van der Waals surface area contributed by atoms with Crippen molar-refractivity contribution in [1.82, 2.24) is 4.90 Å². The van der Waals surface area contributed by atoms with Crippen molar-refractivity contribution in [1.29, 1.82) is 0 Å². The fourth-order valence-corrected chi connectivity index (χ4v) is 2.51. The van der Waals surface area contributed by atoms with Crippen molar-refractivity contribution >= 4 is 17.5 Å². The maximum absolute atomic E-state index is 12.6. The molecule has 0 saturated carbocycles. The Kier molecular flexibility index (Phi) is 5.58. The Morgan fingerprint density at radius 1 is 1.17 bits per heavy atom. The highest BCUT2D eigenvalue weighted by molar-refractivity contribution is 5.96. The summed E-state index contributed by atoms with van der Waals surface area (Å²) in [6.07, 6.45) is 0. The molecule has 5 heteroatoms. The molecule has 5 nitrogen and oxygen atoms in total. The third-order valence-electron chi connectivity index (χ3n) is 3.62. The van der Waals surface area contributed by atoms with Crippen molar-refractivity contribution in [3.63, 3.8) is 0 Å². The first-order valence-electron chi connectivity index (χ1n) is 7.67. The molecule has 0 atom stereocenters. The number of hydrogen-bond acceptors (Lipinski definition) is 3. The molecule has 0 aliphatic rings. The average molecular weight is 326 g/mol. The van der Waals surface area contributed by atoms with Gasteiger partial charge in [-0.1, -0.05) is 23.8 Å². The summed E-state index contributed by atoms with van der Waals surface area (Å²) in [6, 6.07) is 12.8. The number of aryl methyl sites for hydroxylation is 1. The van der Waals surface area contributed by atoms with Gasteiger partial charge in [-0.3, -0.25) is 9.59 Å². The number of amides is 2. The van der Waals surface area contributed by atoms with Crippen LogP contribution in [0.5, 0.6) is 5.75 Å². The number of methoxy groups -OCH3 is 1. The number of anilines is 1. The lowest BCUT2D eigenvalue weighted by atomic mass is 10.1. The number of hydrogen-bond donors (Lipinski definition) is 1. The van der Waals surface area contributed by atoms with Gasteiger partial charge in [0.2, 0.25) is 5.91 Å². The van der Waals surface area contributed by atoms with E-state index in [9.17, 15) is 9.59 Å². The van der Waals surface area contributed by atoms with E-state index in [0.717, 1.165) is 16.9 Å². The summed E-state index contributed by atoms with van der Waals surface area (Å²) in [7, 11) is 3.36. The fourth-order valence-electron chi connectivity index (χ4n) is 2.51. The van der Waals surface area contributed by atoms with E-state index in [1.54, 1.807) is 43.3 Å². The van der Waals surface area contributed by atoms with E-state index >= 15 is 0 Å². The normalized spacial score (nSPS) is 10.2. The summed E-state index contributed by atoms with van der Waals surface area (Å²) >= 11 is 0.